The van der Waals surface area contributed by atoms with E-state index in [1.165, 1.54) is 14.2 Å². The maximum absolute atomic E-state index is 12.0. The number of ether oxygens (including phenoxy) is 2. The molecular formula is C14H26N2O6Os. The fourth-order valence-corrected chi connectivity index (χ4v) is 1.58. The average molecular weight is 509 g/mol. The number of rotatable bonds is 5. The van der Waals surface area contributed by atoms with E-state index in [-0.39, 0.29) is 0 Å². The summed E-state index contributed by atoms with van der Waals surface area (Å²) >= 11 is -2.08. The summed E-state index contributed by atoms with van der Waals surface area (Å²) in [5, 5.41) is 8.73. The Kier molecular flexibility index (Phi) is 11.4. The third kappa shape index (κ3) is 12.2. The topological polar surface area (TPSA) is 115 Å². The van der Waals surface area contributed by atoms with E-state index in [1.807, 2.05) is 41.5 Å². The molecule has 9 heteroatoms. The quantitative estimate of drug-likeness (QED) is 0.526. The Morgan fingerprint density at radius 1 is 0.783 bits per heavy atom. The molecule has 0 N–H and O–H groups in total. The van der Waals surface area contributed by atoms with Gasteiger partial charge in [-0.1, -0.05) is 41.5 Å². The number of esters is 2. The van der Waals surface area contributed by atoms with Gasteiger partial charge in [-0.15, -0.1) is 11.1 Å². The first-order valence-electron chi connectivity index (χ1n) is 6.80. The summed E-state index contributed by atoms with van der Waals surface area (Å²) in [5.74, 6) is -1.19. The van der Waals surface area contributed by atoms with Crippen molar-refractivity contribution in [3.63, 3.8) is 0 Å². The number of methoxy groups -OCH3 is 2. The standard InChI is InChI=1S/C14H26N2O4.2O.Os/c1-13(2,3)15-9(11(17)19-7)10(12(18)20-8)16-14(4,5)6;;;/h9-10H,1-8H3;;;/q-2;;;+2/t9-,10-;;;/m1.../s1. The molecule has 0 unspecified atom stereocenters. The van der Waals surface area contributed by atoms with Crippen LogP contribution in [0.2, 0.25) is 0 Å². The van der Waals surface area contributed by atoms with Gasteiger partial charge >= 0.3 is 24.4 Å². The second kappa shape index (κ2) is 10.8. The maximum atomic E-state index is 12.0. The first-order valence-corrected chi connectivity index (χ1v) is 8.87. The van der Waals surface area contributed by atoms with Gasteiger partial charge in [0, 0.05) is 0 Å². The zero-order valence-electron chi connectivity index (χ0n) is 14.9. The van der Waals surface area contributed by atoms with Gasteiger partial charge in [0.1, 0.15) is 0 Å². The third-order valence-electron chi connectivity index (χ3n) is 2.24. The van der Waals surface area contributed by atoms with Crippen LogP contribution in [0.1, 0.15) is 41.5 Å². The van der Waals surface area contributed by atoms with Crippen LogP contribution in [-0.4, -0.2) is 49.3 Å². The molecule has 0 aliphatic rings. The summed E-state index contributed by atoms with van der Waals surface area (Å²) in [5.41, 5.74) is -1.00. The number of nitrogens with zero attached hydrogens (tertiary/aromatic N) is 2. The Hall–Kier alpha value is -0.904. The van der Waals surface area contributed by atoms with Gasteiger partial charge in [0.25, 0.3) is 11.9 Å². The SMILES string of the molecule is COC(=O)[C@H]([N-]C(C)(C)C)[C@@H]([N-]C(C)(C)C)C(=O)OC.[O]=[Os+2]=[O]. The van der Waals surface area contributed by atoms with Crippen LogP contribution in [0.3, 0.4) is 0 Å². The zero-order chi connectivity index (χ0) is 18.8. The van der Waals surface area contributed by atoms with Crippen LogP contribution in [0.5, 0.6) is 0 Å². The fourth-order valence-electron chi connectivity index (χ4n) is 1.58. The van der Waals surface area contributed by atoms with E-state index in [0.717, 1.165) is 0 Å². The molecule has 0 aromatic heterocycles. The average Bonchev–Trinajstić information content (AvgIpc) is 2.39. The summed E-state index contributed by atoms with van der Waals surface area (Å²) in [6, 6.07) is -2.02. The third-order valence-corrected chi connectivity index (χ3v) is 2.24. The van der Waals surface area contributed by atoms with Crippen molar-refractivity contribution in [2.24, 2.45) is 0 Å². The summed E-state index contributed by atoms with van der Waals surface area (Å²) in [7, 11) is 2.53. The van der Waals surface area contributed by atoms with Gasteiger partial charge in [-0.05, 0) is 12.1 Å². The van der Waals surface area contributed by atoms with Crippen molar-refractivity contribution in [3.05, 3.63) is 10.6 Å². The fraction of sp³-hybridized carbons (Fsp3) is 0.857. The van der Waals surface area contributed by atoms with Crippen molar-refractivity contribution in [2.45, 2.75) is 64.7 Å². The second-order valence-electron chi connectivity index (χ2n) is 6.59. The Labute approximate surface area is 145 Å². The normalized spacial score (nSPS) is 13.9. The Morgan fingerprint density at radius 2 is 1.00 bits per heavy atom. The number of hydrogen-bond donors (Lipinski definition) is 0. The Bertz CT molecular complexity index is 388. The number of carbonyl (C=O) groups is 2. The van der Waals surface area contributed by atoms with Crippen LogP contribution in [0, 0.1) is 0 Å². The van der Waals surface area contributed by atoms with Crippen LogP contribution < -0.4 is 0 Å². The van der Waals surface area contributed by atoms with Crippen molar-refractivity contribution in [1.82, 2.24) is 0 Å². The van der Waals surface area contributed by atoms with E-state index in [9.17, 15) is 9.59 Å². The zero-order valence-corrected chi connectivity index (χ0v) is 17.4. The molecule has 0 aromatic carbocycles. The van der Waals surface area contributed by atoms with Gasteiger partial charge in [-0.25, -0.2) is 0 Å². The monoisotopic (exact) mass is 510 g/mol. The summed E-state index contributed by atoms with van der Waals surface area (Å²) < 4.78 is 26.5. The summed E-state index contributed by atoms with van der Waals surface area (Å²) in [6.07, 6.45) is 0. The molecule has 8 nitrogen and oxygen atoms in total. The molecule has 136 valence electrons. The molecule has 0 radical (unpaired) electrons. The molecule has 0 heterocycles. The minimum absolute atomic E-state index is 0.501. The van der Waals surface area contributed by atoms with E-state index in [2.05, 4.69) is 10.6 Å². The molecular weight excluding hydrogens is 482 g/mol. The molecule has 0 bridgehead atoms. The van der Waals surface area contributed by atoms with E-state index >= 15 is 0 Å². The molecule has 0 fully saturated rings. The first-order chi connectivity index (χ1) is 10.3. The summed E-state index contributed by atoms with van der Waals surface area (Å²) in [6.45, 7) is 11.0. The van der Waals surface area contributed by atoms with Crippen molar-refractivity contribution in [1.29, 1.82) is 0 Å². The molecule has 0 aliphatic carbocycles. The van der Waals surface area contributed by atoms with Crippen LogP contribution in [0.4, 0.5) is 0 Å². The predicted octanol–water partition coefficient (Wildman–Crippen LogP) is 2.17. The van der Waals surface area contributed by atoms with Gasteiger partial charge in [0.05, 0.1) is 14.2 Å². The van der Waals surface area contributed by atoms with Crippen molar-refractivity contribution in [3.8, 4) is 0 Å². The van der Waals surface area contributed by atoms with E-state index in [0.29, 0.717) is 0 Å². The minimum atomic E-state index is -2.08. The van der Waals surface area contributed by atoms with Crippen molar-refractivity contribution >= 4 is 11.9 Å². The second-order valence-corrected chi connectivity index (χ2v) is 7.02. The number of carbonyl (C=O) groups excluding carboxylic acids is 2. The predicted molar refractivity (Wildman–Crippen MR) is 79.2 cm³/mol. The van der Waals surface area contributed by atoms with Crippen molar-refractivity contribution in [2.75, 3.05) is 14.2 Å². The Balaban J connectivity index is 0. The van der Waals surface area contributed by atoms with Gasteiger partial charge in [0.15, 0.2) is 0 Å². The van der Waals surface area contributed by atoms with E-state index in [1.54, 1.807) is 0 Å². The molecule has 0 rings (SSSR count). The van der Waals surface area contributed by atoms with Crippen LogP contribution in [0.15, 0.2) is 0 Å². The van der Waals surface area contributed by atoms with Crippen LogP contribution in [0.25, 0.3) is 10.6 Å². The molecule has 0 spiro atoms. The van der Waals surface area contributed by atoms with Crippen LogP contribution in [-0.2, 0) is 43.5 Å². The molecule has 0 saturated carbocycles. The van der Waals surface area contributed by atoms with Gasteiger partial charge in [-0.2, -0.15) is 0 Å². The van der Waals surface area contributed by atoms with E-state index < -0.39 is 52.4 Å². The van der Waals surface area contributed by atoms with Gasteiger partial charge in [-0.3, -0.25) is 9.59 Å². The molecule has 23 heavy (non-hydrogen) atoms. The molecule has 0 saturated heterocycles. The van der Waals surface area contributed by atoms with Crippen molar-refractivity contribution < 1.29 is 43.5 Å². The molecule has 0 aliphatic heterocycles. The first kappa shape index (κ1) is 24.4. The Morgan fingerprint density at radius 3 is 1.13 bits per heavy atom. The van der Waals surface area contributed by atoms with Gasteiger partial charge in [0.2, 0.25) is 0 Å². The molecule has 0 amide bonds. The van der Waals surface area contributed by atoms with E-state index in [4.69, 9.17) is 16.6 Å². The molecule has 0 aromatic rings. The van der Waals surface area contributed by atoms with Gasteiger partial charge < -0.3 is 20.1 Å². The number of hydrogen-bond acceptors (Lipinski definition) is 6. The molecule has 2 atom stereocenters. The summed E-state index contributed by atoms with van der Waals surface area (Å²) in [4.78, 5) is 23.9. The van der Waals surface area contributed by atoms with Crippen LogP contribution >= 0.6 is 0 Å².